The Bertz CT molecular complexity index is 235. The minimum absolute atomic E-state index is 0.604. The quantitative estimate of drug-likeness (QED) is 0.637. The second kappa shape index (κ2) is 2.66. The van der Waals surface area contributed by atoms with Crippen LogP contribution in [0.2, 0.25) is 19.6 Å². The number of hydrogen-bond acceptors (Lipinski definition) is 2. The number of nitrogens with two attached hydrogens (primary N) is 1. The minimum atomic E-state index is -1.17. The maximum absolute atomic E-state index is 5.47. The Morgan fingerprint density at radius 2 is 1.91 bits per heavy atom. The smallest absolute Gasteiger partial charge is 0.123 e. The Kier molecular flexibility index (Phi) is 2.00. The molecular formula is C8H14N2Si. The van der Waals surface area contributed by atoms with Crippen LogP contribution in [0.3, 0.4) is 0 Å². The molecule has 0 saturated heterocycles. The summed E-state index contributed by atoms with van der Waals surface area (Å²) >= 11 is 0. The van der Waals surface area contributed by atoms with Crippen LogP contribution in [0.4, 0.5) is 5.82 Å². The Labute approximate surface area is 68.5 Å². The highest BCUT2D eigenvalue weighted by molar-refractivity contribution is 6.88. The molecule has 0 saturated carbocycles. The van der Waals surface area contributed by atoms with Crippen LogP contribution in [0.5, 0.6) is 0 Å². The number of anilines is 1. The van der Waals surface area contributed by atoms with E-state index >= 15 is 0 Å². The van der Waals surface area contributed by atoms with Gasteiger partial charge in [-0.2, -0.15) is 0 Å². The van der Waals surface area contributed by atoms with E-state index in [2.05, 4.69) is 30.7 Å². The normalized spacial score (nSPS) is 11.5. The van der Waals surface area contributed by atoms with Crippen LogP contribution >= 0.6 is 0 Å². The molecule has 1 heterocycles. The number of rotatable bonds is 1. The van der Waals surface area contributed by atoms with E-state index in [1.54, 1.807) is 0 Å². The van der Waals surface area contributed by atoms with Crippen LogP contribution in [-0.2, 0) is 0 Å². The molecule has 1 rings (SSSR count). The molecule has 0 aromatic carbocycles. The molecule has 2 nitrogen and oxygen atoms in total. The summed E-state index contributed by atoms with van der Waals surface area (Å²) in [6, 6.07) is 3.95. The molecule has 0 aliphatic rings. The molecule has 2 N–H and O–H groups in total. The summed E-state index contributed by atoms with van der Waals surface area (Å²) in [6.45, 7) is 6.88. The third-order valence-electron chi connectivity index (χ3n) is 1.65. The molecule has 0 fully saturated rings. The summed E-state index contributed by atoms with van der Waals surface area (Å²) in [5.41, 5.74) is 5.47. The first-order valence-electron chi connectivity index (χ1n) is 3.72. The molecule has 0 aliphatic heterocycles. The van der Waals surface area contributed by atoms with Crippen molar-refractivity contribution in [1.82, 2.24) is 4.98 Å². The molecule has 0 aliphatic carbocycles. The van der Waals surface area contributed by atoms with Gasteiger partial charge < -0.3 is 5.73 Å². The summed E-state index contributed by atoms with van der Waals surface area (Å²) in [7, 11) is -1.17. The Morgan fingerprint density at radius 3 is 2.27 bits per heavy atom. The Morgan fingerprint density at radius 1 is 1.27 bits per heavy atom. The largest absolute Gasteiger partial charge is 0.384 e. The second-order valence-corrected chi connectivity index (χ2v) is 8.80. The number of pyridine rings is 1. The van der Waals surface area contributed by atoms with Crippen LogP contribution in [0.1, 0.15) is 0 Å². The predicted molar refractivity (Wildman–Crippen MR) is 51.6 cm³/mol. The van der Waals surface area contributed by atoms with Gasteiger partial charge in [-0.3, -0.25) is 0 Å². The van der Waals surface area contributed by atoms with Gasteiger partial charge in [-0.25, -0.2) is 4.98 Å². The maximum atomic E-state index is 5.47. The van der Waals surface area contributed by atoms with E-state index in [4.69, 9.17) is 5.73 Å². The van der Waals surface area contributed by atoms with Gasteiger partial charge in [0.05, 0.1) is 8.07 Å². The average Bonchev–Trinajstić information content (AvgIpc) is 1.86. The summed E-state index contributed by atoms with van der Waals surface area (Å²) < 4.78 is 0. The fourth-order valence-corrected chi connectivity index (χ4v) is 1.88. The Hall–Kier alpha value is -0.833. The molecule has 0 bridgehead atoms. The van der Waals surface area contributed by atoms with Gasteiger partial charge in [-0.05, 0) is 11.3 Å². The van der Waals surface area contributed by atoms with Crippen LogP contribution in [0.15, 0.2) is 18.3 Å². The van der Waals surface area contributed by atoms with Crippen molar-refractivity contribution in [3.05, 3.63) is 18.3 Å². The van der Waals surface area contributed by atoms with Crippen molar-refractivity contribution >= 4 is 19.1 Å². The van der Waals surface area contributed by atoms with Gasteiger partial charge in [0.25, 0.3) is 0 Å². The summed E-state index contributed by atoms with van der Waals surface area (Å²) in [6.07, 6.45) is 1.89. The van der Waals surface area contributed by atoms with Crippen LogP contribution in [0, 0.1) is 0 Å². The lowest BCUT2D eigenvalue weighted by Crippen LogP contribution is -2.37. The van der Waals surface area contributed by atoms with Gasteiger partial charge >= 0.3 is 0 Å². The summed E-state index contributed by atoms with van der Waals surface area (Å²) in [4.78, 5) is 4.06. The zero-order chi connectivity index (χ0) is 8.48. The van der Waals surface area contributed by atoms with Gasteiger partial charge in [0.1, 0.15) is 5.82 Å². The van der Waals surface area contributed by atoms with E-state index < -0.39 is 8.07 Å². The fraction of sp³-hybridized carbons (Fsp3) is 0.375. The van der Waals surface area contributed by atoms with Crippen molar-refractivity contribution in [2.24, 2.45) is 0 Å². The van der Waals surface area contributed by atoms with E-state index in [0.717, 1.165) is 0 Å². The first-order chi connectivity index (χ1) is 5.00. The first kappa shape index (κ1) is 8.27. The third kappa shape index (κ3) is 2.05. The monoisotopic (exact) mass is 166 g/mol. The van der Waals surface area contributed by atoms with Crippen molar-refractivity contribution in [3.8, 4) is 0 Å². The second-order valence-electron chi connectivity index (χ2n) is 3.72. The van der Waals surface area contributed by atoms with Crippen molar-refractivity contribution in [2.45, 2.75) is 19.6 Å². The van der Waals surface area contributed by atoms with Gasteiger partial charge in [-0.15, -0.1) is 0 Å². The molecule has 0 radical (unpaired) electrons. The van der Waals surface area contributed by atoms with E-state index in [0.29, 0.717) is 5.82 Å². The molecule has 60 valence electrons. The van der Waals surface area contributed by atoms with E-state index in [9.17, 15) is 0 Å². The highest BCUT2D eigenvalue weighted by Gasteiger charge is 2.15. The lowest BCUT2D eigenvalue weighted by Gasteiger charge is -2.15. The van der Waals surface area contributed by atoms with Gasteiger partial charge in [-0.1, -0.05) is 25.7 Å². The van der Waals surface area contributed by atoms with E-state index in [1.807, 2.05) is 12.3 Å². The molecule has 0 atom stereocenters. The number of hydrogen-bond donors (Lipinski definition) is 1. The standard InChI is InChI=1S/C8H14N2Si/c1-11(2,3)7-4-5-8(9)10-6-7/h4-6H,1-3H3,(H2,9,10). The molecule has 0 unspecified atom stereocenters. The number of nitrogens with zero attached hydrogens (tertiary/aromatic N) is 1. The predicted octanol–water partition coefficient (Wildman–Crippen LogP) is 1.21. The number of nitrogen functional groups attached to an aromatic ring is 1. The van der Waals surface area contributed by atoms with Crippen LogP contribution < -0.4 is 10.9 Å². The maximum Gasteiger partial charge on any atom is 0.123 e. The fourth-order valence-electron chi connectivity index (χ4n) is 0.849. The Balaban J connectivity index is 2.99. The van der Waals surface area contributed by atoms with Gasteiger partial charge in [0, 0.05) is 6.20 Å². The van der Waals surface area contributed by atoms with Crippen molar-refractivity contribution < 1.29 is 0 Å². The van der Waals surface area contributed by atoms with Crippen LogP contribution in [0.25, 0.3) is 0 Å². The van der Waals surface area contributed by atoms with Crippen molar-refractivity contribution in [3.63, 3.8) is 0 Å². The third-order valence-corrected chi connectivity index (χ3v) is 3.68. The zero-order valence-corrected chi connectivity index (χ0v) is 8.26. The highest BCUT2D eigenvalue weighted by Crippen LogP contribution is 2.01. The van der Waals surface area contributed by atoms with Crippen molar-refractivity contribution in [1.29, 1.82) is 0 Å². The molecular weight excluding hydrogens is 152 g/mol. The van der Waals surface area contributed by atoms with Gasteiger partial charge in [0.15, 0.2) is 0 Å². The van der Waals surface area contributed by atoms with E-state index in [1.165, 1.54) is 5.19 Å². The molecule has 11 heavy (non-hydrogen) atoms. The molecule has 3 heteroatoms. The SMILES string of the molecule is C[Si](C)(C)c1ccc(N)nc1. The number of aromatic nitrogens is 1. The average molecular weight is 166 g/mol. The lowest BCUT2D eigenvalue weighted by atomic mass is 10.5. The summed E-state index contributed by atoms with van der Waals surface area (Å²) in [5.74, 6) is 0.604. The topological polar surface area (TPSA) is 38.9 Å². The van der Waals surface area contributed by atoms with E-state index in [-0.39, 0.29) is 0 Å². The molecule has 0 spiro atoms. The van der Waals surface area contributed by atoms with Crippen LogP contribution in [-0.4, -0.2) is 13.1 Å². The highest BCUT2D eigenvalue weighted by atomic mass is 28.3. The lowest BCUT2D eigenvalue weighted by molar-refractivity contribution is 1.35. The molecule has 0 amide bonds. The van der Waals surface area contributed by atoms with Gasteiger partial charge in [0.2, 0.25) is 0 Å². The van der Waals surface area contributed by atoms with Crippen molar-refractivity contribution in [2.75, 3.05) is 5.73 Å². The molecule has 1 aromatic rings. The molecule has 1 aromatic heterocycles. The first-order valence-corrected chi connectivity index (χ1v) is 7.22. The zero-order valence-electron chi connectivity index (χ0n) is 7.26. The minimum Gasteiger partial charge on any atom is -0.384 e. The summed E-state index contributed by atoms with van der Waals surface area (Å²) in [5, 5.41) is 1.35.